The van der Waals surface area contributed by atoms with Crippen molar-refractivity contribution in [3.05, 3.63) is 34.6 Å². The van der Waals surface area contributed by atoms with Crippen molar-refractivity contribution < 1.29 is 5.11 Å². The van der Waals surface area contributed by atoms with Gasteiger partial charge in [0, 0.05) is 18.9 Å². The van der Waals surface area contributed by atoms with Gasteiger partial charge in [-0.15, -0.1) is 0 Å². The number of fused-ring (bicyclic) bond motifs is 1. The first-order valence-corrected chi connectivity index (χ1v) is 7.49. The molecular formula is C14H18N2O2S. The van der Waals surface area contributed by atoms with Gasteiger partial charge in [0.25, 0.3) is 5.56 Å². The number of thioether (sulfide) groups is 1. The first-order chi connectivity index (χ1) is 9.27. The Bertz CT molecular complexity index is 610. The summed E-state index contributed by atoms with van der Waals surface area (Å²) in [6.45, 7) is 2.89. The number of aromatic nitrogens is 2. The van der Waals surface area contributed by atoms with Crippen molar-refractivity contribution in [3.8, 4) is 0 Å². The maximum atomic E-state index is 12.4. The summed E-state index contributed by atoms with van der Waals surface area (Å²) in [7, 11) is 0. The van der Waals surface area contributed by atoms with Gasteiger partial charge in [0.15, 0.2) is 5.16 Å². The zero-order valence-corrected chi connectivity index (χ0v) is 11.8. The number of rotatable bonds is 6. The van der Waals surface area contributed by atoms with Gasteiger partial charge in [-0.2, -0.15) is 0 Å². The number of aliphatic hydroxyl groups excluding tert-OH is 1. The van der Waals surface area contributed by atoms with Crippen LogP contribution in [0.25, 0.3) is 10.9 Å². The van der Waals surface area contributed by atoms with Crippen molar-refractivity contribution in [1.82, 2.24) is 9.55 Å². The molecule has 0 radical (unpaired) electrons. The van der Waals surface area contributed by atoms with E-state index in [1.165, 1.54) is 11.8 Å². The Labute approximate surface area is 116 Å². The van der Waals surface area contributed by atoms with Crippen LogP contribution in [0.3, 0.4) is 0 Å². The third-order valence-corrected chi connectivity index (χ3v) is 3.87. The van der Waals surface area contributed by atoms with Crippen LogP contribution in [0.5, 0.6) is 0 Å². The molecule has 0 aliphatic heterocycles. The van der Waals surface area contributed by atoms with Crippen molar-refractivity contribution in [3.63, 3.8) is 0 Å². The average molecular weight is 278 g/mol. The minimum Gasteiger partial charge on any atom is -0.396 e. The molecule has 2 aromatic rings. The van der Waals surface area contributed by atoms with E-state index < -0.39 is 0 Å². The van der Waals surface area contributed by atoms with E-state index in [4.69, 9.17) is 5.11 Å². The second-order valence-electron chi connectivity index (χ2n) is 4.29. The van der Waals surface area contributed by atoms with Gasteiger partial charge < -0.3 is 5.11 Å². The molecule has 4 nitrogen and oxygen atoms in total. The highest BCUT2D eigenvalue weighted by molar-refractivity contribution is 7.99. The molecule has 0 unspecified atom stereocenters. The van der Waals surface area contributed by atoms with Gasteiger partial charge in [-0.25, -0.2) is 4.98 Å². The highest BCUT2D eigenvalue weighted by Gasteiger charge is 2.10. The predicted molar refractivity (Wildman–Crippen MR) is 78.7 cm³/mol. The van der Waals surface area contributed by atoms with E-state index in [1.807, 2.05) is 31.2 Å². The fourth-order valence-electron chi connectivity index (χ4n) is 1.91. The highest BCUT2D eigenvalue weighted by atomic mass is 32.2. The summed E-state index contributed by atoms with van der Waals surface area (Å²) in [5, 5.41) is 10.3. The van der Waals surface area contributed by atoms with Crippen LogP contribution in [0.15, 0.2) is 34.2 Å². The molecule has 1 heterocycles. The summed E-state index contributed by atoms with van der Waals surface area (Å²) in [5.74, 6) is 0.769. The summed E-state index contributed by atoms with van der Waals surface area (Å²) >= 11 is 1.53. The number of hydrogen-bond donors (Lipinski definition) is 1. The summed E-state index contributed by atoms with van der Waals surface area (Å²) < 4.78 is 1.74. The molecule has 1 aromatic carbocycles. The third-order valence-electron chi connectivity index (χ3n) is 2.81. The van der Waals surface area contributed by atoms with Gasteiger partial charge in [-0.3, -0.25) is 9.36 Å². The van der Waals surface area contributed by atoms with Crippen molar-refractivity contribution in [2.24, 2.45) is 0 Å². The lowest BCUT2D eigenvalue weighted by Crippen LogP contribution is -2.23. The molecule has 102 valence electrons. The maximum absolute atomic E-state index is 12.4. The van der Waals surface area contributed by atoms with E-state index in [-0.39, 0.29) is 12.2 Å². The quantitative estimate of drug-likeness (QED) is 0.500. The minimum atomic E-state index is 0.0268. The normalized spacial score (nSPS) is 11.1. The molecule has 0 saturated heterocycles. The van der Waals surface area contributed by atoms with Gasteiger partial charge >= 0.3 is 0 Å². The molecule has 1 aromatic heterocycles. The zero-order chi connectivity index (χ0) is 13.7. The molecular weight excluding hydrogens is 260 g/mol. The molecule has 0 fully saturated rings. The molecule has 1 N–H and O–H groups in total. The zero-order valence-electron chi connectivity index (χ0n) is 11.0. The van der Waals surface area contributed by atoms with Crippen LogP contribution in [-0.2, 0) is 6.54 Å². The average Bonchev–Trinajstić information content (AvgIpc) is 2.43. The van der Waals surface area contributed by atoms with Gasteiger partial charge in [-0.05, 0) is 25.0 Å². The van der Waals surface area contributed by atoms with Crippen LogP contribution in [0.2, 0.25) is 0 Å². The number of para-hydroxylation sites is 1. The van der Waals surface area contributed by atoms with Crippen LogP contribution >= 0.6 is 11.8 Å². The molecule has 0 bridgehead atoms. The Morgan fingerprint density at radius 3 is 2.89 bits per heavy atom. The second kappa shape index (κ2) is 6.73. The van der Waals surface area contributed by atoms with Gasteiger partial charge in [0.2, 0.25) is 0 Å². The van der Waals surface area contributed by atoms with Crippen molar-refractivity contribution >= 4 is 22.7 Å². The molecule has 19 heavy (non-hydrogen) atoms. The van der Waals surface area contributed by atoms with Crippen LogP contribution in [-0.4, -0.2) is 27.0 Å². The van der Waals surface area contributed by atoms with Crippen LogP contribution in [0, 0.1) is 0 Å². The number of aliphatic hydroxyl groups is 1. The van der Waals surface area contributed by atoms with Crippen molar-refractivity contribution in [2.45, 2.75) is 31.5 Å². The van der Waals surface area contributed by atoms with Crippen LogP contribution in [0.4, 0.5) is 0 Å². The van der Waals surface area contributed by atoms with Crippen molar-refractivity contribution in [1.29, 1.82) is 0 Å². The molecule has 0 spiro atoms. The van der Waals surface area contributed by atoms with Gasteiger partial charge in [0.05, 0.1) is 10.9 Å². The van der Waals surface area contributed by atoms with E-state index in [2.05, 4.69) is 4.98 Å². The van der Waals surface area contributed by atoms with E-state index >= 15 is 0 Å². The molecule has 0 aliphatic carbocycles. The van der Waals surface area contributed by atoms with Gasteiger partial charge in [-0.1, -0.05) is 30.8 Å². The van der Waals surface area contributed by atoms with Crippen LogP contribution in [0.1, 0.15) is 19.8 Å². The first-order valence-electron chi connectivity index (χ1n) is 6.51. The lowest BCUT2D eigenvalue weighted by atomic mass is 10.2. The molecule has 0 aliphatic rings. The lowest BCUT2D eigenvalue weighted by Gasteiger charge is -2.11. The Morgan fingerprint density at radius 2 is 2.16 bits per heavy atom. The monoisotopic (exact) mass is 278 g/mol. The number of benzene rings is 1. The molecule has 0 amide bonds. The van der Waals surface area contributed by atoms with E-state index in [1.54, 1.807) is 4.57 Å². The largest absolute Gasteiger partial charge is 0.396 e. The maximum Gasteiger partial charge on any atom is 0.262 e. The molecule has 2 rings (SSSR count). The summed E-state index contributed by atoms with van der Waals surface area (Å²) in [6, 6.07) is 7.43. The standard InChI is InChI=1S/C14H18N2O2S/c1-2-8-16-13(18)11-6-3-4-7-12(11)15-14(16)19-10-5-9-17/h3-4,6-7,17H,2,5,8-10H2,1H3. The van der Waals surface area contributed by atoms with Crippen molar-refractivity contribution in [2.75, 3.05) is 12.4 Å². The third kappa shape index (κ3) is 3.16. The number of nitrogens with zero attached hydrogens (tertiary/aromatic N) is 2. The predicted octanol–water partition coefficient (Wildman–Crippen LogP) is 2.28. The molecule has 5 heteroatoms. The molecule has 0 atom stereocenters. The summed E-state index contributed by atoms with van der Waals surface area (Å²) in [6.07, 6.45) is 1.60. The smallest absolute Gasteiger partial charge is 0.262 e. The fraction of sp³-hybridized carbons (Fsp3) is 0.429. The SMILES string of the molecule is CCCn1c(SCCCO)nc2ccccc2c1=O. The Balaban J connectivity index is 2.47. The lowest BCUT2D eigenvalue weighted by molar-refractivity contribution is 0.296. The summed E-state index contributed by atoms with van der Waals surface area (Å²) in [4.78, 5) is 17.0. The second-order valence-corrected chi connectivity index (χ2v) is 5.36. The highest BCUT2D eigenvalue weighted by Crippen LogP contribution is 2.18. The topological polar surface area (TPSA) is 55.1 Å². The van der Waals surface area contributed by atoms with E-state index in [9.17, 15) is 4.79 Å². The Kier molecular flexibility index (Phi) is 4.99. The van der Waals surface area contributed by atoms with Gasteiger partial charge in [0.1, 0.15) is 0 Å². The number of hydrogen-bond acceptors (Lipinski definition) is 4. The first kappa shape index (κ1) is 14.1. The van der Waals surface area contributed by atoms with E-state index in [0.717, 1.165) is 22.8 Å². The van der Waals surface area contributed by atoms with Crippen LogP contribution < -0.4 is 5.56 Å². The Hall–Kier alpha value is -1.33. The molecule has 0 saturated carbocycles. The Morgan fingerprint density at radius 1 is 1.37 bits per heavy atom. The fourth-order valence-corrected chi connectivity index (χ4v) is 2.86. The summed E-state index contributed by atoms with van der Waals surface area (Å²) in [5.41, 5.74) is 0.769. The minimum absolute atomic E-state index is 0.0268. The van der Waals surface area contributed by atoms with E-state index in [0.29, 0.717) is 18.4 Å².